The van der Waals surface area contributed by atoms with Gasteiger partial charge in [0, 0.05) is 31.5 Å². The van der Waals surface area contributed by atoms with Gasteiger partial charge in [-0.25, -0.2) is 0 Å². The fourth-order valence-electron chi connectivity index (χ4n) is 2.93. The molecule has 1 N–H and O–H groups in total. The van der Waals surface area contributed by atoms with Gasteiger partial charge in [-0.1, -0.05) is 6.92 Å². The van der Waals surface area contributed by atoms with Crippen molar-refractivity contribution in [1.29, 1.82) is 5.26 Å². The van der Waals surface area contributed by atoms with E-state index in [4.69, 9.17) is 0 Å². The predicted octanol–water partition coefficient (Wildman–Crippen LogP) is 1.55. The smallest absolute Gasteiger partial charge is 0.113 e. The average Bonchev–Trinajstić information content (AvgIpc) is 2.87. The zero-order valence-corrected chi connectivity index (χ0v) is 11.7. The first-order chi connectivity index (χ1) is 9.74. The minimum atomic E-state index is 0.484. The topological polar surface area (TPSA) is 64.8 Å². The van der Waals surface area contributed by atoms with Crippen molar-refractivity contribution in [2.45, 2.75) is 13.0 Å². The Morgan fingerprint density at radius 3 is 2.65 bits per heavy atom. The zero-order chi connectivity index (χ0) is 14.1. The van der Waals surface area contributed by atoms with Gasteiger partial charge in [0.2, 0.25) is 0 Å². The van der Waals surface area contributed by atoms with Crippen LogP contribution < -0.4 is 10.2 Å². The van der Waals surface area contributed by atoms with Crippen molar-refractivity contribution in [3.05, 3.63) is 30.1 Å². The molecule has 0 spiro atoms. The third-order valence-electron chi connectivity index (χ3n) is 4.05. The largest absolute Gasteiger partial charge is 0.368 e. The van der Waals surface area contributed by atoms with Gasteiger partial charge < -0.3 is 10.2 Å². The number of nitrogens with one attached hydrogen (secondary N) is 1. The van der Waals surface area contributed by atoms with E-state index in [0.29, 0.717) is 23.0 Å². The molecule has 20 heavy (non-hydrogen) atoms. The van der Waals surface area contributed by atoms with Gasteiger partial charge in [-0.3, -0.25) is 9.97 Å². The SMILES string of the molecule is CNC1CN(c2ccc(C#N)c3nccnc23)CC1C. The number of hydrogen-bond donors (Lipinski definition) is 1. The fourth-order valence-corrected chi connectivity index (χ4v) is 2.93. The highest BCUT2D eigenvalue weighted by molar-refractivity contribution is 5.92. The number of anilines is 1. The van der Waals surface area contributed by atoms with Crippen LogP contribution in [0.2, 0.25) is 0 Å². The maximum atomic E-state index is 9.17. The number of nitrogens with zero attached hydrogens (tertiary/aromatic N) is 4. The number of nitriles is 1. The maximum absolute atomic E-state index is 9.17. The van der Waals surface area contributed by atoms with Crippen LogP contribution in [0.1, 0.15) is 12.5 Å². The quantitative estimate of drug-likeness (QED) is 0.894. The van der Waals surface area contributed by atoms with Crippen LogP contribution in [0.5, 0.6) is 0 Å². The van der Waals surface area contributed by atoms with Gasteiger partial charge in [0.05, 0.1) is 11.3 Å². The van der Waals surface area contributed by atoms with Gasteiger partial charge in [0.25, 0.3) is 0 Å². The summed E-state index contributed by atoms with van der Waals surface area (Å²) in [4.78, 5) is 11.1. The van der Waals surface area contributed by atoms with Crippen molar-refractivity contribution in [1.82, 2.24) is 15.3 Å². The van der Waals surface area contributed by atoms with Crippen LogP contribution in [-0.2, 0) is 0 Å². The second kappa shape index (κ2) is 5.06. The second-order valence-corrected chi connectivity index (χ2v) is 5.28. The maximum Gasteiger partial charge on any atom is 0.113 e. The molecule has 0 aliphatic carbocycles. The van der Waals surface area contributed by atoms with E-state index < -0.39 is 0 Å². The Kier molecular flexibility index (Phi) is 3.25. The summed E-state index contributed by atoms with van der Waals surface area (Å²) in [5, 5.41) is 12.5. The van der Waals surface area contributed by atoms with E-state index in [-0.39, 0.29) is 0 Å². The number of aromatic nitrogens is 2. The Morgan fingerprint density at radius 2 is 2.00 bits per heavy atom. The van der Waals surface area contributed by atoms with Crippen LogP contribution in [0.3, 0.4) is 0 Å². The van der Waals surface area contributed by atoms with Crippen LogP contribution in [0, 0.1) is 17.2 Å². The lowest BCUT2D eigenvalue weighted by Crippen LogP contribution is -2.32. The highest BCUT2D eigenvalue weighted by Gasteiger charge is 2.29. The van der Waals surface area contributed by atoms with Gasteiger partial charge in [-0.05, 0) is 25.1 Å². The molecule has 2 aromatic rings. The molecule has 5 heteroatoms. The lowest BCUT2D eigenvalue weighted by atomic mass is 10.1. The Bertz CT molecular complexity index is 676. The Balaban J connectivity index is 2.08. The summed E-state index contributed by atoms with van der Waals surface area (Å²) in [6.07, 6.45) is 3.32. The fraction of sp³-hybridized carbons (Fsp3) is 0.400. The molecule has 1 aliphatic heterocycles. The summed E-state index contributed by atoms with van der Waals surface area (Å²) in [6, 6.07) is 6.49. The third-order valence-corrected chi connectivity index (χ3v) is 4.05. The zero-order valence-electron chi connectivity index (χ0n) is 11.7. The standard InChI is InChI=1S/C15H17N5/c1-10-8-20(9-12(10)17-2)13-4-3-11(7-16)14-15(13)19-6-5-18-14/h3-6,10,12,17H,8-9H2,1-2H3. The minimum Gasteiger partial charge on any atom is -0.368 e. The van der Waals surface area contributed by atoms with E-state index in [0.717, 1.165) is 24.3 Å². The summed E-state index contributed by atoms with van der Waals surface area (Å²) in [5.74, 6) is 0.586. The first-order valence-corrected chi connectivity index (χ1v) is 6.80. The Labute approximate surface area is 118 Å². The predicted molar refractivity (Wildman–Crippen MR) is 78.5 cm³/mol. The number of hydrogen-bond acceptors (Lipinski definition) is 5. The van der Waals surface area contributed by atoms with Crippen molar-refractivity contribution < 1.29 is 0 Å². The lowest BCUT2D eigenvalue weighted by molar-refractivity contribution is 0.490. The molecule has 5 nitrogen and oxygen atoms in total. The first-order valence-electron chi connectivity index (χ1n) is 6.80. The van der Waals surface area contributed by atoms with Crippen LogP contribution in [0.25, 0.3) is 11.0 Å². The molecule has 1 saturated heterocycles. The molecule has 102 valence electrons. The number of likely N-dealkylation sites (N-methyl/N-ethyl adjacent to an activating group) is 1. The number of fused-ring (bicyclic) bond motifs is 1. The van der Waals surface area contributed by atoms with Gasteiger partial charge in [-0.2, -0.15) is 5.26 Å². The molecule has 2 atom stereocenters. The molecule has 1 aliphatic rings. The van der Waals surface area contributed by atoms with Crippen LogP contribution >= 0.6 is 0 Å². The van der Waals surface area contributed by atoms with Crippen molar-refractivity contribution in [2.24, 2.45) is 5.92 Å². The summed E-state index contributed by atoms with van der Waals surface area (Å²) >= 11 is 0. The van der Waals surface area contributed by atoms with Crippen LogP contribution in [-0.4, -0.2) is 36.1 Å². The van der Waals surface area contributed by atoms with Gasteiger partial charge in [0.1, 0.15) is 17.1 Å². The molecular formula is C15H17N5. The molecule has 2 unspecified atom stereocenters. The molecule has 0 bridgehead atoms. The molecule has 0 saturated carbocycles. The van der Waals surface area contributed by atoms with Crippen molar-refractivity contribution >= 4 is 16.7 Å². The first kappa shape index (κ1) is 12.8. The normalized spacial score (nSPS) is 22.1. The van der Waals surface area contributed by atoms with Crippen molar-refractivity contribution in [2.75, 3.05) is 25.0 Å². The monoisotopic (exact) mass is 267 g/mol. The highest BCUT2D eigenvalue weighted by atomic mass is 15.2. The van der Waals surface area contributed by atoms with Gasteiger partial charge >= 0.3 is 0 Å². The third kappa shape index (κ3) is 1.98. The number of benzene rings is 1. The van der Waals surface area contributed by atoms with E-state index in [1.165, 1.54) is 0 Å². The molecule has 2 heterocycles. The highest BCUT2D eigenvalue weighted by Crippen LogP contribution is 2.30. The van der Waals surface area contributed by atoms with E-state index >= 15 is 0 Å². The van der Waals surface area contributed by atoms with Gasteiger partial charge in [-0.15, -0.1) is 0 Å². The van der Waals surface area contributed by atoms with Crippen molar-refractivity contribution in [3.8, 4) is 6.07 Å². The van der Waals surface area contributed by atoms with Crippen LogP contribution in [0.4, 0.5) is 5.69 Å². The summed E-state index contributed by atoms with van der Waals surface area (Å²) in [6.45, 7) is 4.19. The Morgan fingerprint density at radius 1 is 1.25 bits per heavy atom. The van der Waals surface area contributed by atoms with E-state index in [2.05, 4.69) is 33.2 Å². The minimum absolute atomic E-state index is 0.484. The molecule has 3 rings (SSSR count). The van der Waals surface area contributed by atoms with E-state index in [1.54, 1.807) is 12.4 Å². The van der Waals surface area contributed by atoms with Crippen LogP contribution in [0.15, 0.2) is 24.5 Å². The Hall–Kier alpha value is -2.19. The molecule has 1 aromatic heterocycles. The second-order valence-electron chi connectivity index (χ2n) is 5.28. The summed E-state index contributed by atoms with van der Waals surface area (Å²) in [5.41, 5.74) is 3.15. The average molecular weight is 267 g/mol. The molecule has 1 aromatic carbocycles. The summed E-state index contributed by atoms with van der Waals surface area (Å²) in [7, 11) is 2.00. The molecule has 0 amide bonds. The lowest BCUT2D eigenvalue weighted by Gasteiger charge is -2.20. The van der Waals surface area contributed by atoms with E-state index in [1.807, 2.05) is 19.2 Å². The van der Waals surface area contributed by atoms with Gasteiger partial charge in [0.15, 0.2) is 0 Å². The van der Waals surface area contributed by atoms with E-state index in [9.17, 15) is 5.26 Å². The molecule has 1 fully saturated rings. The van der Waals surface area contributed by atoms with Crippen molar-refractivity contribution in [3.63, 3.8) is 0 Å². The summed E-state index contributed by atoms with van der Waals surface area (Å²) < 4.78 is 0. The number of rotatable bonds is 2. The molecule has 0 radical (unpaired) electrons. The molecular weight excluding hydrogens is 250 g/mol.